The molecule has 0 saturated carbocycles. The Labute approximate surface area is 217 Å². The molecule has 1 aliphatic rings. The lowest BCUT2D eigenvalue weighted by atomic mass is 10.1. The number of carbonyl (C=O) groups is 3. The first-order valence-electron chi connectivity index (χ1n) is 11.9. The molecule has 0 radical (unpaired) electrons. The number of ether oxygens (including phenoxy) is 1. The summed E-state index contributed by atoms with van der Waals surface area (Å²) >= 11 is 0. The molecule has 5 N–H and O–H groups in total. The fourth-order valence-corrected chi connectivity index (χ4v) is 4.05. The predicted octanol–water partition coefficient (Wildman–Crippen LogP) is 2.68. The molecule has 2 aromatic rings. The van der Waals surface area contributed by atoms with Crippen molar-refractivity contribution in [1.82, 2.24) is 20.9 Å². The normalized spacial score (nSPS) is 15.6. The first-order chi connectivity index (χ1) is 18.0. The third-order valence-electron chi connectivity index (χ3n) is 5.87. The minimum Gasteiger partial charge on any atom is -0.504 e. The molecule has 1 fully saturated rings. The van der Waals surface area contributed by atoms with Crippen LogP contribution in [-0.2, 0) is 17.5 Å². The molecule has 206 valence electrons. The molecule has 0 unspecified atom stereocenters. The SMILES string of the molecule is CCNC(=O)Nc1ccc(C(F)(F)F)cc1C(=O)NCC(=O)N[C@@H]1CCN(Cc2ccc(O)c(OC)c2)C1. The van der Waals surface area contributed by atoms with Gasteiger partial charge in [-0.15, -0.1) is 0 Å². The van der Waals surface area contributed by atoms with E-state index in [1.165, 1.54) is 7.11 Å². The van der Waals surface area contributed by atoms with Gasteiger partial charge in [0.1, 0.15) is 0 Å². The van der Waals surface area contributed by atoms with E-state index >= 15 is 0 Å². The summed E-state index contributed by atoms with van der Waals surface area (Å²) in [4.78, 5) is 39.1. The van der Waals surface area contributed by atoms with Gasteiger partial charge in [-0.05, 0) is 49.2 Å². The molecule has 2 aromatic carbocycles. The van der Waals surface area contributed by atoms with E-state index < -0.39 is 41.7 Å². The van der Waals surface area contributed by atoms with Crippen molar-refractivity contribution in [1.29, 1.82) is 0 Å². The van der Waals surface area contributed by atoms with E-state index in [2.05, 4.69) is 26.2 Å². The molecule has 0 spiro atoms. The first-order valence-corrected chi connectivity index (χ1v) is 11.9. The van der Waals surface area contributed by atoms with Gasteiger partial charge in [0, 0.05) is 32.2 Å². The van der Waals surface area contributed by atoms with E-state index in [9.17, 15) is 32.7 Å². The van der Waals surface area contributed by atoms with Crippen LogP contribution in [0.2, 0.25) is 0 Å². The van der Waals surface area contributed by atoms with E-state index in [1.807, 2.05) is 0 Å². The van der Waals surface area contributed by atoms with Gasteiger partial charge < -0.3 is 31.1 Å². The Kier molecular flexibility index (Phi) is 9.40. The average Bonchev–Trinajstić information content (AvgIpc) is 3.29. The van der Waals surface area contributed by atoms with Crippen LogP contribution in [0.15, 0.2) is 36.4 Å². The lowest BCUT2D eigenvalue weighted by Crippen LogP contribution is -2.43. The highest BCUT2D eigenvalue weighted by Crippen LogP contribution is 2.32. The van der Waals surface area contributed by atoms with Gasteiger partial charge in [-0.1, -0.05) is 6.07 Å². The van der Waals surface area contributed by atoms with Gasteiger partial charge in [0.05, 0.1) is 30.5 Å². The second-order valence-corrected chi connectivity index (χ2v) is 8.72. The zero-order valence-corrected chi connectivity index (χ0v) is 20.9. The van der Waals surface area contributed by atoms with Crippen LogP contribution >= 0.6 is 0 Å². The fraction of sp³-hybridized carbons (Fsp3) is 0.400. The molecule has 0 aromatic heterocycles. The molecule has 13 heteroatoms. The predicted molar refractivity (Wildman–Crippen MR) is 133 cm³/mol. The molecule has 10 nitrogen and oxygen atoms in total. The van der Waals surface area contributed by atoms with Gasteiger partial charge in [0.25, 0.3) is 5.91 Å². The molecule has 1 heterocycles. The van der Waals surface area contributed by atoms with Crippen molar-refractivity contribution >= 4 is 23.5 Å². The first kappa shape index (κ1) is 28.6. The Hall–Kier alpha value is -4.00. The van der Waals surface area contributed by atoms with E-state index in [0.29, 0.717) is 37.9 Å². The number of carbonyl (C=O) groups excluding carboxylic acids is 3. The number of alkyl halides is 3. The number of rotatable bonds is 9. The number of amides is 4. The van der Waals surface area contributed by atoms with Crippen LogP contribution in [-0.4, -0.2) is 67.2 Å². The zero-order valence-electron chi connectivity index (χ0n) is 20.9. The largest absolute Gasteiger partial charge is 0.504 e. The van der Waals surface area contributed by atoms with Crippen LogP contribution < -0.4 is 26.0 Å². The number of phenols is 1. The Bertz CT molecular complexity index is 1170. The summed E-state index contributed by atoms with van der Waals surface area (Å²) in [5.74, 6) is -1.02. The topological polar surface area (TPSA) is 132 Å². The van der Waals surface area contributed by atoms with Crippen molar-refractivity contribution in [3.05, 3.63) is 53.1 Å². The number of likely N-dealkylation sites (tertiary alicyclic amines) is 1. The number of hydrogen-bond donors (Lipinski definition) is 5. The highest BCUT2D eigenvalue weighted by molar-refractivity contribution is 6.04. The zero-order chi connectivity index (χ0) is 27.9. The third-order valence-corrected chi connectivity index (χ3v) is 5.87. The van der Waals surface area contributed by atoms with Crippen LogP contribution in [0, 0.1) is 0 Å². The Morgan fingerprint density at radius 1 is 1.13 bits per heavy atom. The number of phenolic OH excluding ortho intramolecular Hbond substituents is 1. The number of halogens is 3. The van der Waals surface area contributed by atoms with Crippen LogP contribution in [0.3, 0.4) is 0 Å². The van der Waals surface area contributed by atoms with Gasteiger partial charge in [-0.3, -0.25) is 14.5 Å². The van der Waals surface area contributed by atoms with Crippen LogP contribution in [0.25, 0.3) is 0 Å². The Balaban J connectivity index is 1.56. The number of anilines is 1. The Morgan fingerprint density at radius 3 is 2.58 bits per heavy atom. The molecular formula is C25H30F3N5O5. The number of urea groups is 1. The molecule has 1 aliphatic heterocycles. The minimum atomic E-state index is -4.70. The quantitative estimate of drug-likeness (QED) is 0.334. The maximum absolute atomic E-state index is 13.2. The van der Waals surface area contributed by atoms with Crippen molar-refractivity contribution < 1.29 is 37.4 Å². The molecule has 3 rings (SSSR count). The van der Waals surface area contributed by atoms with Crippen molar-refractivity contribution in [2.45, 2.75) is 32.1 Å². The van der Waals surface area contributed by atoms with Gasteiger partial charge in [0.2, 0.25) is 5.91 Å². The molecule has 38 heavy (non-hydrogen) atoms. The van der Waals surface area contributed by atoms with Crippen molar-refractivity contribution in [2.24, 2.45) is 0 Å². The highest BCUT2D eigenvalue weighted by Gasteiger charge is 2.32. The van der Waals surface area contributed by atoms with Crippen molar-refractivity contribution in [3.8, 4) is 11.5 Å². The number of benzene rings is 2. The monoisotopic (exact) mass is 537 g/mol. The van der Waals surface area contributed by atoms with Crippen LogP contribution in [0.4, 0.5) is 23.7 Å². The molecule has 1 saturated heterocycles. The summed E-state index contributed by atoms with van der Waals surface area (Å²) in [7, 11) is 1.46. The number of nitrogens with zero attached hydrogens (tertiary/aromatic N) is 1. The lowest BCUT2D eigenvalue weighted by molar-refractivity contribution is -0.137. The van der Waals surface area contributed by atoms with Crippen LogP contribution in [0.5, 0.6) is 11.5 Å². The molecular weight excluding hydrogens is 507 g/mol. The van der Waals surface area contributed by atoms with Crippen LogP contribution in [0.1, 0.15) is 34.8 Å². The third kappa shape index (κ3) is 7.75. The average molecular weight is 538 g/mol. The van der Waals surface area contributed by atoms with E-state index in [4.69, 9.17) is 4.74 Å². The molecule has 0 bridgehead atoms. The summed E-state index contributed by atoms with van der Waals surface area (Å²) in [5, 5.41) is 19.7. The molecule has 4 amide bonds. The van der Waals surface area contributed by atoms with E-state index in [-0.39, 0.29) is 24.0 Å². The fourth-order valence-electron chi connectivity index (χ4n) is 4.05. The van der Waals surface area contributed by atoms with E-state index in [0.717, 1.165) is 17.7 Å². The standard InChI is InChI=1S/C25H30F3N5O5/c1-3-29-24(37)32-19-6-5-16(25(26,27)28)11-18(19)23(36)30-12-22(35)31-17-8-9-33(14-17)13-15-4-7-20(34)21(10-15)38-2/h4-7,10-11,17,34H,3,8-9,12-14H2,1-2H3,(H,30,36)(H,31,35)(H2,29,32,37)/t17-/m1/s1. The summed E-state index contributed by atoms with van der Waals surface area (Å²) in [5.41, 5.74) is -0.683. The van der Waals surface area contributed by atoms with E-state index in [1.54, 1.807) is 25.1 Å². The smallest absolute Gasteiger partial charge is 0.416 e. The van der Waals surface area contributed by atoms with Gasteiger partial charge in [-0.25, -0.2) is 4.79 Å². The summed E-state index contributed by atoms with van der Waals surface area (Å²) in [6.45, 7) is 3.32. The maximum Gasteiger partial charge on any atom is 0.416 e. The highest BCUT2D eigenvalue weighted by atomic mass is 19.4. The molecule has 0 aliphatic carbocycles. The second kappa shape index (κ2) is 12.5. The number of methoxy groups -OCH3 is 1. The minimum absolute atomic E-state index is 0.0436. The van der Waals surface area contributed by atoms with Gasteiger partial charge in [-0.2, -0.15) is 13.2 Å². The number of hydrogen-bond acceptors (Lipinski definition) is 6. The number of aromatic hydroxyl groups is 1. The van der Waals surface area contributed by atoms with Gasteiger partial charge in [0.15, 0.2) is 11.5 Å². The Morgan fingerprint density at radius 2 is 1.89 bits per heavy atom. The summed E-state index contributed by atoms with van der Waals surface area (Å²) in [6.07, 6.45) is -4.03. The molecule has 1 atom stereocenters. The lowest BCUT2D eigenvalue weighted by Gasteiger charge is -2.18. The van der Waals surface area contributed by atoms with Gasteiger partial charge >= 0.3 is 12.2 Å². The summed E-state index contributed by atoms with van der Waals surface area (Å²) in [6, 6.07) is 6.57. The van der Waals surface area contributed by atoms with Crippen molar-refractivity contribution in [2.75, 3.05) is 38.6 Å². The number of nitrogens with one attached hydrogen (secondary N) is 4. The summed E-state index contributed by atoms with van der Waals surface area (Å²) < 4.78 is 44.7. The van der Waals surface area contributed by atoms with Crippen molar-refractivity contribution in [3.63, 3.8) is 0 Å². The second-order valence-electron chi connectivity index (χ2n) is 8.72. The maximum atomic E-state index is 13.2.